The Morgan fingerprint density at radius 2 is 1.89 bits per heavy atom. The quantitative estimate of drug-likeness (QED) is 0.397. The second kappa shape index (κ2) is 10.4. The number of carbonyl (C=O) groups is 2. The van der Waals surface area contributed by atoms with E-state index in [0.29, 0.717) is 47.7 Å². The van der Waals surface area contributed by atoms with Gasteiger partial charge in [-0.1, -0.05) is 12.1 Å². The lowest BCUT2D eigenvalue weighted by Gasteiger charge is -2.23. The molecule has 198 valence electrons. The number of benzene rings is 2. The minimum absolute atomic E-state index is 0.00283. The fourth-order valence-electron chi connectivity index (χ4n) is 4.98. The fraction of sp³-hybridized carbons (Fsp3) is 0.310. The first-order valence-electron chi connectivity index (χ1n) is 12.7. The van der Waals surface area contributed by atoms with Crippen LogP contribution in [0.4, 0.5) is 20.2 Å². The Hall–Kier alpha value is -3.98. The van der Waals surface area contributed by atoms with Gasteiger partial charge in [-0.2, -0.15) is 0 Å². The third-order valence-corrected chi connectivity index (χ3v) is 7.11. The highest BCUT2D eigenvalue weighted by Gasteiger charge is 2.30. The second-order valence-corrected chi connectivity index (χ2v) is 10.1. The van der Waals surface area contributed by atoms with E-state index in [1.807, 2.05) is 25.9 Å². The topological polar surface area (TPSA) is 80.5 Å². The summed E-state index contributed by atoms with van der Waals surface area (Å²) in [4.78, 5) is 33.5. The summed E-state index contributed by atoms with van der Waals surface area (Å²) in [7, 11) is 3.97. The van der Waals surface area contributed by atoms with E-state index >= 15 is 4.39 Å². The number of hydrogen-bond donors (Lipinski definition) is 3. The molecule has 5 rings (SSSR count). The van der Waals surface area contributed by atoms with Crippen molar-refractivity contribution in [2.24, 2.45) is 0 Å². The van der Waals surface area contributed by atoms with E-state index in [4.69, 9.17) is 0 Å². The Kier molecular flexibility index (Phi) is 7.03. The second-order valence-electron chi connectivity index (χ2n) is 10.1. The van der Waals surface area contributed by atoms with Crippen molar-refractivity contribution >= 4 is 34.8 Å². The fourth-order valence-corrected chi connectivity index (χ4v) is 4.98. The van der Waals surface area contributed by atoms with E-state index < -0.39 is 5.82 Å². The SMILES string of the molecule is Cc1c(/C=C2\C(=O)Nc3cc(NCc4ccc(F)cc4)c(F)cc32)[nH]c2c1C(=O)N(CCN(C)C)CCC2. The zero-order valence-corrected chi connectivity index (χ0v) is 21.8. The van der Waals surface area contributed by atoms with Gasteiger partial charge >= 0.3 is 0 Å². The molecule has 2 amide bonds. The van der Waals surface area contributed by atoms with Crippen molar-refractivity contribution in [1.29, 1.82) is 0 Å². The number of amides is 2. The molecule has 2 aliphatic heterocycles. The normalized spacial score (nSPS) is 16.1. The number of likely N-dealkylation sites (N-methyl/N-ethyl adjacent to an activating group) is 1. The van der Waals surface area contributed by atoms with Crippen LogP contribution < -0.4 is 10.6 Å². The zero-order chi connectivity index (χ0) is 27.0. The van der Waals surface area contributed by atoms with Gasteiger partial charge in [0.1, 0.15) is 11.6 Å². The van der Waals surface area contributed by atoms with Crippen LogP contribution in [-0.4, -0.2) is 60.3 Å². The highest BCUT2D eigenvalue weighted by atomic mass is 19.1. The van der Waals surface area contributed by atoms with Gasteiger partial charge in [0, 0.05) is 43.1 Å². The van der Waals surface area contributed by atoms with E-state index in [1.165, 1.54) is 18.2 Å². The highest BCUT2D eigenvalue weighted by molar-refractivity contribution is 6.35. The Balaban J connectivity index is 1.41. The smallest absolute Gasteiger partial charge is 0.256 e. The van der Waals surface area contributed by atoms with Crippen molar-refractivity contribution in [3.8, 4) is 0 Å². The van der Waals surface area contributed by atoms with Crippen LogP contribution in [0.2, 0.25) is 0 Å². The molecule has 2 aliphatic rings. The van der Waals surface area contributed by atoms with Gasteiger partial charge < -0.3 is 25.4 Å². The van der Waals surface area contributed by atoms with Crippen LogP contribution in [0.5, 0.6) is 0 Å². The summed E-state index contributed by atoms with van der Waals surface area (Å²) in [5, 5.41) is 5.83. The van der Waals surface area contributed by atoms with Gasteiger partial charge in [-0.15, -0.1) is 0 Å². The number of nitrogens with one attached hydrogen (secondary N) is 3. The van der Waals surface area contributed by atoms with Crippen molar-refractivity contribution in [3.05, 3.63) is 81.7 Å². The number of aryl methyl sites for hydroxylation is 1. The molecule has 38 heavy (non-hydrogen) atoms. The number of nitrogens with zero attached hydrogens (tertiary/aromatic N) is 2. The number of hydrogen-bond acceptors (Lipinski definition) is 4. The maximum atomic E-state index is 15.0. The Morgan fingerprint density at radius 1 is 1.13 bits per heavy atom. The summed E-state index contributed by atoms with van der Waals surface area (Å²) in [5.41, 5.74) is 5.33. The predicted molar refractivity (Wildman–Crippen MR) is 145 cm³/mol. The summed E-state index contributed by atoms with van der Waals surface area (Å²) in [6, 6.07) is 8.86. The average Bonchev–Trinajstić information content (AvgIpc) is 3.29. The summed E-state index contributed by atoms with van der Waals surface area (Å²) < 4.78 is 28.2. The monoisotopic (exact) mass is 519 g/mol. The van der Waals surface area contributed by atoms with E-state index in [-0.39, 0.29) is 23.3 Å². The molecule has 0 bridgehead atoms. The summed E-state index contributed by atoms with van der Waals surface area (Å²) in [6.45, 7) is 4.33. The van der Waals surface area contributed by atoms with Crippen LogP contribution in [0.1, 0.15) is 44.9 Å². The molecule has 0 saturated carbocycles. The maximum Gasteiger partial charge on any atom is 0.256 e. The van der Waals surface area contributed by atoms with Crippen molar-refractivity contribution in [1.82, 2.24) is 14.8 Å². The molecule has 0 spiro atoms. The first-order chi connectivity index (χ1) is 18.2. The van der Waals surface area contributed by atoms with E-state index in [0.717, 1.165) is 36.2 Å². The van der Waals surface area contributed by atoms with Crippen LogP contribution in [0.3, 0.4) is 0 Å². The van der Waals surface area contributed by atoms with Gasteiger partial charge in [0.15, 0.2) is 0 Å². The predicted octanol–water partition coefficient (Wildman–Crippen LogP) is 4.66. The molecule has 1 aromatic heterocycles. The van der Waals surface area contributed by atoms with Gasteiger partial charge in [-0.25, -0.2) is 8.78 Å². The van der Waals surface area contributed by atoms with Crippen molar-refractivity contribution in [3.63, 3.8) is 0 Å². The van der Waals surface area contributed by atoms with E-state index in [1.54, 1.807) is 24.3 Å². The van der Waals surface area contributed by atoms with Crippen LogP contribution in [0, 0.1) is 18.6 Å². The molecule has 0 fully saturated rings. The average molecular weight is 520 g/mol. The molecule has 0 atom stereocenters. The van der Waals surface area contributed by atoms with E-state index in [2.05, 4.69) is 20.5 Å². The van der Waals surface area contributed by atoms with Gasteiger partial charge in [-0.3, -0.25) is 9.59 Å². The number of aromatic amines is 1. The Morgan fingerprint density at radius 3 is 2.63 bits per heavy atom. The van der Waals surface area contributed by atoms with Gasteiger partial charge in [0.25, 0.3) is 11.8 Å². The molecule has 0 radical (unpaired) electrons. The summed E-state index contributed by atoms with van der Waals surface area (Å²) in [6.07, 6.45) is 3.29. The van der Waals surface area contributed by atoms with Crippen LogP contribution in [0.15, 0.2) is 36.4 Å². The molecule has 3 aromatic rings. The van der Waals surface area contributed by atoms with Gasteiger partial charge in [0.2, 0.25) is 0 Å². The molecule has 2 aromatic carbocycles. The molecule has 0 saturated heterocycles. The minimum atomic E-state index is -0.501. The number of rotatable bonds is 7. The Labute approximate surface area is 220 Å². The number of H-pyrrole nitrogens is 1. The number of anilines is 2. The molecule has 0 unspecified atom stereocenters. The lowest BCUT2D eigenvalue weighted by Crippen LogP contribution is -2.36. The van der Waals surface area contributed by atoms with Crippen LogP contribution in [-0.2, 0) is 17.8 Å². The molecule has 3 heterocycles. The third kappa shape index (κ3) is 5.06. The molecular weight excluding hydrogens is 488 g/mol. The highest BCUT2D eigenvalue weighted by Crippen LogP contribution is 2.37. The summed E-state index contributed by atoms with van der Waals surface area (Å²) in [5.74, 6) is -1.17. The van der Waals surface area contributed by atoms with Gasteiger partial charge in [-0.05, 0) is 75.3 Å². The standard InChI is InChI=1S/C29H31F2N5O2/c1-17-24(33-23-5-4-10-36(12-11-35(2)3)29(38)27(17)23)14-21-20-13-22(31)26(15-25(20)34-28(21)37)32-16-18-6-8-19(30)9-7-18/h6-9,13-15,32-33H,4-5,10-12,16H2,1-3H3,(H,34,37)/b21-14-. The van der Waals surface area contributed by atoms with Crippen LogP contribution in [0.25, 0.3) is 11.6 Å². The lowest BCUT2D eigenvalue weighted by atomic mass is 10.0. The molecular formula is C29H31F2N5O2. The van der Waals surface area contributed by atoms with E-state index in [9.17, 15) is 14.0 Å². The number of fused-ring (bicyclic) bond motifs is 2. The van der Waals surface area contributed by atoms with Crippen molar-refractivity contribution in [2.75, 3.05) is 44.4 Å². The molecule has 7 nitrogen and oxygen atoms in total. The zero-order valence-electron chi connectivity index (χ0n) is 21.8. The van der Waals surface area contributed by atoms with Gasteiger partial charge in [0.05, 0.1) is 22.5 Å². The Bertz CT molecular complexity index is 1430. The molecule has 3 N–H and O–H groups in total. The maximum absolute atomic E-state index is 15.0. The summed E-state index contributed by atoms with van der Waals surface area (Å²) >= 11 is 0. The number of aromatic nitrogens is 1. The third-order valence-electron chi connectivity index (χ3n) is 7.11. The number of carbonyl (C=O) groups excluding carboxylic acids is 2. The van der Waals surface area contributed by atoms with Crippen LogP contribution >= 0.6 is 0 Å². The number of halogens is 2. The van der Waals surface area contributed by atoms with Crippen molar-refractivity contribution < 1.29 is 18.4 Å². The first-order valence-corrected chi connectivity index (χ1v) is 12.7. The minimum Gasteiger partial charge on any atom is -0.379 e. The first kappa shape index (κ1) is 25.7. The molecule has 9 heteroatoms. The molecule has 0 aliphatic carbocycles. The lowest BCUT2D eigenvalue weighted by molar-refractivity contribution is -0.110. The largest absolute Gasteiger partial charge is 0.379 e. The van der Waals surface area contributed by atoms with Crippen molar-refractivity contribution in [2.45, 2.75) is 26.3 Å².